The molecule has 0 aliphatic rings. The van der Waals surface area contributed by atoms with Crippen LogP contribution < -0.4 is 0 Å². The lowest BCUT2D eigenvalue weighted by Gasteiger charge is -2.44. The van der Waals surface area contributed by atoms with E-state index < -0.39 is 11.7 Å². The Morgan fingerprint density at radius 1 is 1.00 bits per heavy atom. The summed E-state index contributed by atoms with van der Waals surface area (Å²) in [6.07, 6.45) is -4.23. The van der Waals surface area contributed by atoms with Crippen LogP contribution in [0.5, 0.6) is 0 Å². The predicted octanol–water partition coefficient (Wildman–Crippen LogP) is 3.24. The molecule has 0 saturated heterocycles. The Labute approximate surface area is 104 Å². The highest BCUT2D eigenvalue weighted by atomic mass is 19.4. The van der Waals surface area contributed by atoms with Gasteiger partial charge in [-0.2, -0.15) is 13.2 Å². The summed E-state index contributed by atoms with van der Waals surface area (Å²) < 4.78 is 39.0. The van der Waals surface area contributed by atoms with E-state index in [0.717, 1.165) is 0 Å². The minimum absolute atomic E-state index is 0.0365. The lowest BCUT2D eigenvalue weighted by molar-refractivity contribution is -0.231. The molecule has 0 aliphatic carbocycles. The number of nitrogens with zero attached hydrogens (tertiary/aromatic N) is 2. The van der Waals surface area contributed by atoms with Gasteiger partial charge in [0, 0.05) is 12.6 Å². The Morgan fingerprint density at radius 3 is 1.53 bits per heavy atom. The first-order chi connectivity index (χ1) is 7.52. The van der Waals surface area contributed by atoms with E-state index in [9.17, 15) is 13.2 Å². The van der Waals surface area contributed by atoms with E-state index in [4.69, 9.17) is 0 Å². The third-order valence-electron chi connectivity index (χ3n) is 2.79. The molecule has 0 N–H and O–H groups in total. The molecule has 0 aliphatic heterocycles. The molecule has 0 aromatic carbocycles. The van der Waals surface area contributed by atoms with Crippen molar-refractivity contribution in [1.29, 1.82) is 0 Å². The van der Waals surface area contributed by atoms with Crippen LogP contribution in [0.2, 0.25) is 0 Å². The zero-order chi connectivity index (χ0) is 14.4. The molecule has 0 radical (unpaired) electrons. The van der Waals surface area contributed by atoms with Crippen LogP contribution in [0.1, 0.15) is 34.6 Å². The van der Waals surface area contributed by atoms with Crippen LogP contribution in [0.25, 0.3) is 0 Å². The molecule has 0 rings (SSSR count). The van der Waals surface area contributed by atoms with E-state index in [0.29, 0.717) is 0 Å². The largest absolute Gasteiger partial charge is 0.407 e. The first-order valence-corrected chi connectivity index (χ1v) is 5.96. The van der Waals surface area contributed by atoms with Crippen molar-refractivity contribution < 1.29 is 13.2 Å². The standard InChI is InChI=1S/C10H21F3N2.C2H6/c1-8(2)15(6)9(3,7-14(4)5)10(11,12)13;1-2/h8H,7H2,1-6H3;1-2H3. The summed E-state index contributed by atoms with van der Waals surface area (Å²) in [6.45, 7) is 8.73. The first-order valence-electron chi connectivity index (χ1n) is 5.96. The van der Waals surface area contributed by atoms with Gasteiger partial charge in [0.05, 0.1) is 0 Å². The number of halogens is 3. The molecule has 0 aromatic rings. The van der Waals surface area contributed by atoms with Gasteiger partial charge in [0.2, 0.25) is 0 Å². The Balaban J connectivity index is 0. The second-order valence-electron chi connectivity index (χ2n) is 4.71. The maximum Gasteiger partial charge on any atom is 0.407 e. The van der Waals surface area contributed by atoms with Crippen LogP contribution in [0.3, 0.4) is 0 Å². The highest BCUT2D eigenvalue weighted by Gasteiger charge is 2.54. The zero-order valence-corrected chi connectivity index (χ0v) is 12.3. The quantitative estimate of drug-likeness (QED) is 0.762. The maximum atomic E-state index is 13.0. The molecule has 0 saturated carbocycles. The molecule has 0 spiro atoms. The topological polar surface area (TPSA) is 6.48 Å². The van der Waals surface area contributed by atoms with E-state index >= 15 is 0 Å². The lowest BCUT2D eigenvalue weighted by atomic mass is 9.97. The number of hydrogen-bond acceptors (Lipinski definition) is 2. The molecule has 0 aromatic heterocycles. The molecule has 1 unspecified atom stereocenters. The van der Waals surface area contributed by atoms with Crippen LogP contribution in [-0.2, 0) is 0 Å². The summed E-state index contributed by atoms with van der Waals surface area (Å²) in [5.74, 6) is 0. The van der Waals surface area contributed by atoms with Crippen LogP contribution in [0.15, 0.2) is 0 Å². The van der Waals surface area contributed by atoms with Gasteiger partial charge in [0.25, 0.3) is 0 Å². The van der Waals surface area contributed by atoms with Crippen LogP contribution in [-0.4, -0.2) is 55.2 Å². The van der Waals surface area contributed by atoms with Crippen molar-refractivity contribution in [2.45, 2.75) is 52.4 Å². The number of likely N-dealkylation sites (N-methyl/N-ethyl adjacent to an activating group) is 2. The fourth-order valence-electron chi connectivity index (χ4n) is 1.59. The summed E-state index contributed by atoms with van der Waals surface area (Å²) >= 11 is 0. The number of alkyl halides is 3. The molecule has 106 valence electrons. The van der Waals surface area contributed by atoms with Crippen molar-refractivity contribution in [2.24, 2.45) is 0 Å². The second kappa shape index (κ2) is 7.21. The minimum Gasteiger partial charge on any atom is -0.307 e. The number of hydrogen-bond donors (Lipinski definition) is 0. The van der Waals surface area contributed by atoms with Gasteiger partial charge in [-0.15, -0.1) is 0 Å². The Bertz CT molecular complexity index is 202. The molecule has 5 heteroatoms. The molecule has 0 fully saturated rings. The smallest absolute Gasteiger partial charge is 0.307 e. The van der Waals surface area contributed by atoms with Crippen LogP contribution >= 0.6 is 0 Å². The number of rotatable bonds is 4. The monoisotopic (exact) mass is 256 g/mol. The fraction of sp³-hybridized carbons (Fsp3) is 1.00. The average Bonchev–Trinajstić information content (AvgIpc) is 2.16. The summed E-state index contributed by atoms with van der Waals surface area (Å²) in [6, 6.07) is -0.142. The van der Waals surface area contributed by atoms with E-state index in [1.54, 1.807) is 32.8 Å². The minimum atomic E-state index is -4.23. The summed E-state index contributed by atoms with van der Waals surface area (Å²) in [7, 11) is 4.82. The SMILES string of the molecule is CC.CC(C)N(C)C(C)(CN(C)C)C(F)(F)F. The highest BCUT2D eigenvalue weighted by Crippen LogP contribution is 2.35. The van der Waals surface area contributed by atoms with Crippen LogP contribution in [0, 0.1) is 0 Å². The molecule has 2 nitrogen and oxygen atoms in total. The Hall–Kier alpha value is -0.290. The molecule has 1 atom stereocenters. The summed E-state index contributed by atoms with van der Waals surface area (Å²) in [4.78, 5) is 2.93. The van der Waals surface area contributed by atoms with Crippen molar-refractivity contribution >= 4 is 0 Å². The van der Waals surface area contributed by atoms with Crippen molar-refractivity contribution in [3.8, 4) is 0 Å². The van der Waals surface area contributed by atoms with Crippen LogP contribution in [0.4, 0.5) is 13.2 Å². The zero-order valence-electron chi connectivity index (χ0n) is 12.3. The van der Waals surface area contributed by atoms with Gasteiger partial charge in [-0.1, -0.05) is 13.8 Å². The third kappa shape index (κ3) is 5.25. The van der Waals surface area contributed by atoms with E-state index in [-0.39, 0.29) is 12.6 Å². The Kier molecular flexibility index (Phi) is 8.09. The van der Waals surface area contributed by atoms with Gasteiger partial charge < -0.3 is 4.90 Å². The van der Waals surface area contributed by atoms with E-state index in [1.165, 1.54) is 18.9 Å². The Morgan fingerprint density at radius 2 is 1.35 bits per heavy atom. The molecule has 0 heterocycles. The van der Waals surface area contributed by atoms with Gasteiger partial charge in [-0.3, -0.25) is 4.90 Å². The van der Waals surface area contributed by atoms with Crippen molar-refractivity contribution in [1.82, 2.24) is 9.80 Å². The molecule has 17 heavy (non-hydrogen) atoms. The summed E-state index contributed by atoms with van der Waals surface area (Å²) in [5, 5.41) is 0. The molecule has 0 amide bonds. The van der Waals surface area contributed by atoms with Gasteiger partial charge in [0.1, 0.15) is 5.54 Å². The van der Waals surface area contributed by atoms with Gasteiger partial charge in [-0.25, -0.2) is 0 Å². The van der Waals surface area contributed by atoms with Gasteiger partial charge in [0.15, 0.2) is 0 Å². The summed E-state index contributed by atoms with van der Waals surface area (Å²) in [5.41, 5.74) is -1.80. The highest BCUT2D eigenvalue weighted by molar-refractivity contribution is 4.95. The van der Waals surface area contributed by atoms with E-state index in [2.05, 4.69) is 0 Å². The van der Waals surface area contributed by atoms with Crippen molar-refractivity contribution in [3.63, 3.8) is 0 Å². The molecule has 0 bridgehead atoms. The normalized spacial score (nSPS) is 15.9. The first kappa shape index (κ1) is 19.1. The average molecular weight is 256 g/mol. The second-order valence-corrected chi connectivity index (χ2v) is 4.71. The van der Waals surface area contributed by atoms with Crippen molar-refractivity contribution in [2.75, 3.05) is 27.7 Å². The fourth-order valence-corrected chi connectivity index (χ4v) is 1.59. The molecular formula is C12H27F3N2. The lowest BCUT2D eigenvalue weighted by Crippen LogP contribution is -2.62. The van der Waals surface area contributed by atoms with Crippen molar-refractivity contribution in [3.05, 3.63) is 0 Å². The third-order valence-corrected chi connectivity index (χ3v) is 2.79. The van der Waals surface area contributed by atoms with Gasteiger partial charge >= 0.3 is 6.18 Å². The molecular weight excluding hydrogens is 229 g/mol. The van der Waals surface area contributed by atoms with Gasteiger partial charge in [-0.05, 0) is 41.9 Å². The van der Waals surface area contributed by atoms with E-state index in [1.807, 2.05) is 13.8 Å². The maximum absolute atomic E-state index is 13.0. The predicted molar refractivity (Wildman–Crippen MR) is 67.3 cm³/mol.